The molecular formula is C18H20N2O3. The average molecular weight is 312 g/mol. The van der Waals surface area contributed by atoms with E-state index in [1.165, 1.54) is 23.8 Å². The molecular weight excluding hydrogens is 292 g/mol. The lowest BCUT2D eigenvalue weighted by molar-refractivity contribution is -0.384. The number of aryl methyl sites for hydroxylation is 2. The molecule has 0 aliphatic carbocycles. The molecule has 0 unspecified atom stereocenters. The van der Waals surface area contributed by atoms with Crippen LogP contribution in [0.3, 0.4) is 0 Å². The van der Waals surface area contributed by atoms with Crippen LogP contribution in [0.1, 0.15) is 46.4 Å². The van der Waals surface area contributed by atoms with Gasteiger partial charge < -0.3 is 5.32 Å². The summed E-state index contributed by atoms with van der Waals surface area (Å²) in [6, 6.07) is 11.8. The highest BCUT2D eigenvalue weighted by Gasteiger charge is 2.17. The Morgan fingerprint density at radius 3 is 2.57 bits per heavy atom. The number of hydrogen-bond donors (Lipinski definition) is 1. The zero-order valence-electron chi connectivity index (χ0n) is 13.5. The molecule has 5 nitrogen and oxygen atoms in total. The lowest BCUT2D eigenvalue weighted by Crippen LogP contribution is -2.28. The molecule has 0 heterocycles. The van der Waals surface area contributed by atoms with Crippen molar-refractivity contribution in [1.82, 2.24) is 5.32 Å². The quantitative estimate of drug-likeness (QED) is 0.667. The largest absolute Gasteiger partial charge is 0.345 e. The Labute approximate surface area is 135 Å². The Hall–Kier alpha value is -2.69. The summed E-state index contributed by atoms with van der Waals surface area (Å²) in [7, 11) is 0. The Bertz CT molecular complexity index is 741. The molecule has 0 aromatic heterocycles. The Morgan fingerprint density at radius 1 is 1.22 bits per heavy atom. The van der Waals surface area contributed by atoms with Crippen LogP contribution in [0.15, 0.2) is 42.5 Å². The highest BCUT2D eigenvalue weighted by molar-refractivity contribution is 5.95. The van der Waals surface area contributed by atoms with Gasteiger partial charge in [0, 0.05) is 17.7 Å². The minimum atomic E-state index is -0.502. The summed E-state index contributed by atoms with van der Waals surface area (Å²) in [4.78, 5) is 22.7. The summed E-state index contributed by atoms with van der Waals surface area (Å²) in [5.41, 5.74) is 3.57. The molecule has 1 N–H and O–H groups in total. The number of nitro groups is 1. The summed E-state index contributed by atoms with van der Waals surface area (Å²) in [6.45, 7) is 6.04. The van der Waals surface area contributed by atoms with E-state index in [1.807, 2.05) is 32.9 Å². The third-order valence-corrected chi connectivity index (χ3v) is 3.83. The summed E-state index contributed by atoms with van der Waals surface area (Å²) in [6.07, 6.45) is 0.741. The van der Waals surface area contributed by atoms with E-state index in [0.29, 0.717) is 5.56 Å². The van der Waals surface area contributed by atoms with Crippen molar-refractivity contribution >= 4 is 11.6 Å². The van der Waals surface area contributed by atoms with Crippen LogP contribution >= 0.6 is 0 Å². The zero-order chi connectivity index (χ0) is 17.0. The van der Waals surface area contributed by atoms with E-state index >= 15 is 0 Å². The van der Waals surface area contributed by atoms with E-state index in [1.54, 1.807) is 6.07 Å². The van der Waals surface area contributed by atoms with Gasteiger partial charge in [-0.15, -0.1) is 0 Å². The van der Waals surface area contributed by atoms with Crippen LogP contribution in [0.2, 0.25) is 0 Å². The fourth-order valence-corrected chi connectivity index (χ4v) is 2.62. The highest BCUT2D eigenvalue weighted by atomic mass is 16.6. The molecule has 0 radical (unpaired) electrons. The topological polar surface area (TPSA) is 72.2 Å². The first-order valence-electron chi connectivity index (χ1n) is 7.54. The molecule has 0 spiro atoms. The van der Waals surface area contributed by atoms with Crippen molar-refractivity contribution in [3.8, 4) is 0 Å². The maximum atomic E-state index is 12.4. The SMILES string of the molecule is CC[C@H](NC(=O)c1cccc([N+](=O)[O-])c1)c1ccc(C)cc1C. The average Bonchev–Trinajstić information content (AvgIpc) is 2.53. The molecule has 0 aliphatic heterocycles. The van der Waals surface area contributed by atoms with Crippen molar-refractivity contribution in [1.29, 1.82) is 0 Å². The van der Waals surface area contributed by atoms with Gasteiger partial charge in [-0.2, -0.15) is 0 Å². The maximum absolute atomic E-state index is 12.4. The highest BCUT2D eigenvalue weighted by Crippen LogP contribution is 2.22. The molecule has 0 saturated heterocycles. The van der Waals surface area contributed by atoms with Crippen molar-refractivity contribution < 1.29 is 9.72 Å². The third-order valence-electron chi connectivity index (χ3n) is 3.83. The fraction of sp³-hybridized carbons (Fsp3) is 0.278. The fourth-order valence-electron chi connectivity index (χ4n) is 2.62. The Morgan fingerprint density at radius 2 is 1.96 bits per heavy atom. The molecule has 0 fully saturated rings. The molecule has 2 aromatic carbocycles. The number of non-ortho nitro benzene ring substituents is 1. The van der Waals surface area contributed by atoms with E-state index in [-0.39, 0.29) is 17.6 Å². The van der Waals surface area contributed by atoms with Gasteiger partial charge in [0.15, 0.2) is 0 Å². The summed E-state index contributed by atoms with van der Waals surface area (Å²) in [5, 5.41) is 13.8. The molecule has 5 heteroatoms. The second kappa shape index (κ2) is 7.05. The van der Waals surface area contributed by atoms with Crippen LogP contribution in [-0.2, 0) is 0 Å². The van der Waals surface area contributed by atoms with Gasteiger partial charge >= 0.3 is 0 Å². The smallest absolute Gasteiger partial charge is 0.270 e. The first kappa shape index (κ1) is 16.7. The third kappa shape index (κ3) is 3.94. The van der Waals surface area contributed by atoms with Crippen LogP contribution in [0, 0.1) is 24.0 Å². The molecule has 120 valence electrons. The molecule has 0 bridgehead atoms. The van der Waals surface area contributed by atoms with Gasteiger partial charge in [0.05, 0.1) is 11.0 Å². The predicted molar refractivity (Wildman–Crippen MR) is 89.5 cm³/mol. The van der Waals surface area contributed by atoms with Gasteiger partial charge in [-0.3, -0.25) is 14.9 Å². The van der Waals surface area contributed by atoms with Gasteiger partial charge in [-0.25, -0.2) is 0 Å². The minimum absolute atomic E-state index is 0.0859. The summed E-state index contributed by atoms with van der Waals surface area (Å²) < 4.78 is 0. The molecule has 1 amide bonds. The lowest BCUT2D eigenvalue weighted by atomic mass is 9.97. The monoisotopic (exact) mass is 312 g/mol. The lowest BCUT2D eigenvalue weighted by Gasteiger charge is -2.20. The van der Waals surface area contributed by atoms with Crippen molar-refractivity contribution in [2.24, 2.45) is 0 Å². The van der Waals surface area contributed by atoms with E-state index in [2.05, 4.69) is 11.4 Å². The number of benzene rings is 2. The zero-order valence-corrected chi connectivity index (χ0v) is 13.5. The number of nitro benzene ring substituents is 1. The minimum Gasteiger partial charge on any atom is -0.345 e. The standard InChI is InChI=1S/C18H20N2O3/c1-4-17(16-9-8-12(2)10-13(16)3)19-18(21)14-6-5-7-15(11-14)20(22)23/h5-11,17H,4H2,1-3H3,(H,19,21)/t17-/m0/s1. The number of nitrogens with zero attached hydrogens (tertiary/aromatic N) is 1. The number of carbonyl (C=O) groups excluding carboxylic acids is 1. The van der Waals surface area contributed by atoms with Crippen LogP contribution in [-0.4, -0.2) is 10.8 Å². The van der Waals surface area contributed by atoms with E-state index in [9.17, 15) is 14.9 Å². The molecule has 0 saturated carbocycles. The first-order chi connectivity index (χ1) is 10.9. The molecule has 23 heavy (non-hydrogen) atoms. The van der Waals surface area contributed by atoms with E-state index in [0.717, 1.165) is 17.5 Å². The van der Waals surface area contributed by atoms with Crippen LogP contribution in [0.4, 0.5) is 5.69 Å². The number of hydrogen-bond acceptors (Lipinski definition) is 3. The van der Waals surface area contributed by atoms with E-state index in [4.69, 9.17) is 0 Å². The molecule has 2 aromatic rings. The second-order valence-electron chi connectivity index (χ2n) is 5.60. The van der Waals surface area contributed by atoms with Crippen LogP contribution < -0.4 is 5.32 Å². The van der Waals surface area contributed by atoms with Crippen LogP contribution in [0.5, 0.6) is 0 Å². The number of rotatable bonds is 5. The first-order valence-corrected chi connectivity index (χ1v) is 7.54. The van der Waals surface area contributed by atoms with E-state index < -0.39 is 4.92 Å². The van der Waals surface area contributed by atoms with Gasteiger partial charge in [0.1, 0.15) is 0 Å². The van der Waals surface area contributed by atoms with Gasteiger partial charge in [-0.1, -0.05) is 36.8 Å². The van der Waals surface area contributed by atoms with Crippen molar-refractivity contribution in [2.45, 2.75) is 33.2 Å². The van der Waals surface area contributed by atoms with Gasteiger partial charge in [0.25, 0.3) is 11.6 Å². The number of carbonyl (C=O) groups is 1. The maximum Gasteiger partial charge on any atom is 0.270 e. The summed E-state index contributed by atoms with van der Waals surface area (Å²) in [5.74, 6) is -0.305. The number of amides is 1. The van der Waals surface area contributed by atoms with Crippen LogP contribution in [0.25, 0.3) is 0 Å². The normalized spacial score (nSPS) is 11.8. The van der Waals surface area contributed by atoms with Crippen molar-refractivity contribution in [2.75, 3.05) is 0 Å². The number of nitrogens with one attached hydrogen (secondary N) is 1. The summed E-state index contributed by atoms with van der Waals surface area (Å²) >= 11 is 0. The Balaban J connectivity index is 2.23. The molecule has 2 rings (SSSR count). The second-order valence-corrected chi connectivity index (χ2v) is 5.60. The van der Waals surface area contributed by atoms with Crippen molar-refractivity contribution in [3.63, 3.8) is 0 Å². The van der Waals surface area contributed by atoms with Gasteiger partial charge in [0.2, 0.25) is 0 Å². The molecule has 0 aliphatic rings. The van der Waals surface area contributed by atoms with Gasteiger partial charge in [-0.05, 0) is 37.5 Å². The molecule has 1 atom stereocenters. The van der Waals surface area contributed by atoms with Crippen molar-refractivity contribution in [3.05, 3.63) is 74.8 Å². The predicted octanol–water partition coefficient (Wildman–Crippen LogP) is 4.09. The Kier molecular flexibility index (Phi) is 5.11.